The van der Waals surface area contributed by atoms with Crippen molar-refractivity contribution in [2.24, 2.45) is 0 Å². The van der Waals surface area contributed by atoms with Gasteiger partial charge in [0.2, 0.25) is 0 Å². The fourth-order valence-corrected chi connectivity index (χ4v) is 1.18. The Morgan fingerprint density at radius 3 is 2.62 bits per heavy atom. The second-order valence-electron chi connectivity index (χ2n) is 3.29. The van der Waals surface area contributed by atoms with Crippen LogP contribution in [0.1, 0.15) is 5.56 Å². The first-order valence-electron chi connectivity index (χ1n) is 4.67. The fourth-order valence-electron chi connectivity index (χ4n) is 1.18. The van der Waals surface area contributed by atoms with E-state index in [2.05, 4.69) is 9.97 Å². The molecule has 0 amide bonds. The molecule has 0 spiro atoms. The van der Waals surface area contributed by atoms with Crippen LogP contribution in [-0.2, 0) is 0 Å². The summed E-state index contributed by atoms with van der Waals surface area (Å²) in [6, 6.07) is 4.94. The summed E-state index contributed by atoms with van der Waals surface area (Å²) >= 11 is 0. The topological polar surface area (TPSA) is 61.0 Å². The number of halogens is 1. The highest BCUT2D eigenvalue weighted by Crippen LogP contribution is 2.23. The van der Waals surface area contributed by atoms with Crippen LogP contribution in [-0.4, -0.2) is 9.97 Å². The number of benzene rings is 1. The Morgan fingerprint density at radius 2 is 1.94 bits per heavy atom. The number of anilines is 1. The number of nitrogen functional groups attached to an aromatic ring is 1. The first-order chi connectivity index (χ1) is 7.66. The van der Waals surface area contributed by atoms with E-state index in [1.54, 1.807) is 19.1 Å². The number of hydrogen-bond donors (Lipinski definition) is 1. The van der Waals surface area contributed by atoms with Crippen LogP contribution in [0.15, 0.2) is 30.6 Å². The lowest BCUT2D eigenvalue weighted by atomic mass is 10.2. The lowest BCUT2D eigenvalue weighted by Crippen LogP contribution is -1.96. The van der Waals surface area contributed by atoms with Gasteiger partial charge in [-0.1, -0.05) is 12.1 Å². The van der Waals surface area contributed by atoms with E-state index < -0.39 is 5.82 Å². The van der Waals surface area contributed by atoms with E-state index in [0.717, 1.165) is 0 Å². The lowest BCUT2D eigenvalue weighted by molar-refractivity contribution is 0.409. The van der Waals surface area contributed by atoms with Gasteiger partial charge in [0.25, 0.3) is 0 Å². The van der Waals surface area contributed by atoms with Gasteiger partial charge >= 0.3 is 6.01 Å². The van der Waals surface area contributed by atoms with Gasteiger partial charge in [0.1, 0.15) is 0 Å². The number of aryl methyl sites for hydroxylation is 1. The third-order valence-electron chi connectivity index (χ3n) is 2.01. The van der Waals surface area contributed by atoms with E-state index >= 15 is 0 Å². The predicted molar refractivity (Wildman–Crippen MR) is 57.7 cm³/mol. The standard InChI is InChI=1S/C11H10FN3O/c1-7-3-2-4-9(10(7)12)16-11-14-5-8(13)6-15-11/h2-6H,13H2,1H3. The van der Waals surface area contributed by atoms with Crippen molar-refractivity contribution in [2.75, 3.05) is 5.73 Å². The second kappa shape index (κ2) is 4.14. The fraction of sp³-hybridized carbons (Fsp3) is 0.0909. The number of hydrogen-bond acceptors (Lipinski definition) is 4. The zero-order valence-electron chi connectivity index (χ0n) is 8.64. The van der Waals surface area contributed by atoms with Gasteiger partial charge in [-0.15, -0.1) is 0 Å². The minimum atomic E-state index is -0.414. The third-order valence-corrected chi connectivity index (χ3v) is 2.01. The van der Waals surface area contributed by atoms with Crippen molar-refractivity contribution < 1.29 is 9.13 Å². The largest absolute Gasteiger partial charge is 0.421 e. The van der Waals surface area contributed by atoms with E-state index in [9.17, 15) is 4.39 Å². The Hall–Kier alpha value is -2.17. The summed E-state index contributed by atoms with van der Waals surface area (Å²) < 4.78 is 18.8. The van der Waals surface area contributed by atoms with Gasteiger partial charge in [0.05, 0.1) is 18.1 Å². The molecule has 82 valence electrons. The first-order valence-corrected chi connectivity index (χ1v) is 4.67. The van der Waals surface area contributed by atoms with E-state index in [4.69, 9.17) is 10.5 Å². The summed E-state index contributed by atoms with van der Waals surface area (Å²) in [6.07, 6.45) is 2.80. The van der Waals surface area contributed by atoms with Crippen LogP contribution in [0.2, 0.25) is 0 Å². The normalized spacial score (nSPS) is 10.1. The highest BCUT2D eigenvalue weighted by atomic mass is 19.1. The molecule has 0 fully saturated rings. The molecule has 2 N–H and O–H groups in total. The minimum absolute atomic E-state index is 0.0682. The Kier molecular flexibility index (Phi) is 2.68. The molecule has 1 heterocycles. The number of rotatable bonds is 2. The van der Waals surface area contributed by atoms with Crippen LogP contribution in [0.5, 0.6) is 11.8 Å². The summed E-state index contributed by atoms with van der Waals surface area (Å²) in [5.41, 5.74) is 6.35. The third kappa shape index (κ3) is 2.08. The maximum Gasteiger partial charge on any atom is 0.322 e. The Morgan fingerprint density at radius 1 is 1.25 bits per heavy atom. The van der Waals surface area contributed by atoms with Crippen molar-refractivity contribution >= 4 is 5.69 Å². The molecule has 2 rings (SSSR count). The molecule has 4 nitrogen and oxygen atoms in total. The molecule has 0 saturated carbocycles. The van der Waals surface area contributed by atoms with Gasteiger partial charge in [-0.05, 0) is 18.6 Å². The molecule has 0 aliphatic carbocycles. The lowest BCUT2D eigenvalue weighted by Gasteiger charge is -2.05. The average molecular weight is 219 g/mol. The maximum atomic E-state index is 13.6. The van der Waals surface area contributed by atoms with Gasteiger partial charge in [-0.25, -0.2) is 14.4 Å². The summed E-state index contributed by atoms with van der Waals surface area (Å²) in [7, 11) is 0. The molecule has 0 atom stereocenters. The summed E-state index contributed by atoms with van der Waals surface area (Å²) in [5.74, 6) is -0.312. The Bertz CT molecular complexity index is 499. The van der Waals surface area contributed by atoms with Crippen molar-refractivity contribution in [3.05, 3.63) is 42.0 Å². The Labute approximate surface area is 91.9 Å². The molecule has 2 aromatic rings. The SMILES string of the molecule is Cc1cccc(Oc2ncc(N)cn2)c1F. The summed E-state index contributed by atoms with van der Waals surface area (Å²) in [5, 5.41) is 0. The molecule has 1 aromatic carbocycles. The van der Waals surface area contributed by atoms with E-state index in [-0.39, 0.29) is 11.8 Å². The quantitative estimate of drug-likeness (QED) is 0.841. The molecule has 0 bridgehead atoms. The molecular formula is C11H10FN3O. The molecule has 0 aliphatic rings. The van der Waals surface area contributed by atoms with Gasteiger partial charge < -0.3 is 10.5 Å². The van der Waals surface area contributed by atoms with Gasteiger partial charge in [-0.2, -0.15) is 0 Å². The van der Waals surface area contributed by atoms with E-state index in [1.165, 1.54) is 18.5 Å². The number of aromatic nitrogens is 2. The van der Waals surface area contributed by atoms with Crippen LogP contribution >= 0.6 is 0 Å². The van der Waals surface area contributed by atoms with Gasteiger partial charge in [0.15, 0.2) is 11.6 Å². The molecule has 0 aliphatic heterocycles. The number of nitrogens with zero attached hydrogens (tertiary/aromatic N) is 2. The zero-order valence-corrected chi connectivity index (χ0v) is 8.64. The van der Waals surface area contributed by atoms with Crippen LogP contribution in [0.4, 0.5) is 10.1 Å². The first kappa shape index (κ1) is 10.4. The van der Waals surface area contributed by atoms with Crippen LogP contribution in [0.25, 0.3) is 0 Å². The molecule has 5 heteroatoms. The van der Waals surface area contributed by atoms with Crippen molar-refractivity contribution in [3.63, 3.8) is 0 Å². The van der Waals surface area contributed by atoms with Crippen molar-refractivity contribution in [2.45, 2.75) is 6.92 Å². The van der Waals surface area contributed by atoms with E-state index in [1.807, 2.05) is 0 Å². The summed E-state index contributed by atoms with van der Waals surface area (Å²) in [6.45, 7) is 1.66. The molecular weight excluding hydrogens is 209 g/mol. The number of nitrogens with two attached hydrogens (primary N) is 1. The molecule has 0 saturated heterocycles. The molecule has 16 heavy (non-hydrogen) atoms. The smallest absolute Gasteiger partial charge is 0.322 e. The zero-order chi connectivity index (χ0) is 11.5. The van der Waals surface area contributed by atoms with Crippen molar-refractivity contribution in [1.29, 1.82) is 0 Å². The van der Waals surface area contributed by atoms with E-state index in [0.29, 0.717) is 11.3 Å². The average Bonchev–Trinajstić information content (AvgIpc) is 2.28. The van der Waals surface area contributed by atoms with Gasteiger partial charge in [0, 0.05) is 0 Å². The minimum Gasteiger partial charge on any atom is -0.421 e. The van der Waals surface area contributed by atoms with Crippen LogP contribution in [0, 0.1) is 12.7 Å². The predicted octanol–water partition coefficient (Wildman–Crippen LogP) is 2.30. The highest BCUT2D eigenvalue weighted by Gasteiger charge is 2.08. The maximum absolute atomic E-state index is 13.6. The van der Waals surface area contributed by atoms with Gasteiger partial charge in [-0.3, -0.25) is 0 Å². The molecule has 0 unspecified atom stereocenters. The number of ether oxygens (including phenoxy) is 1. The van der Waals surface area contributed by atoms with Crippen LogP contribution < -0.4 is 10.5 Å². The highest BCUT2D eigenvalue weighted by molar-refractivity contribution is 5.34. The van der Waals surface area contributed by atoms with Crippen LogP contribution in [0.3, 0.4) is 0 Å². The monoisotopic (exact) mass is 219 g/mol. The van der Waals surface area contributed by atoms with Crippen molar-refractivity contribution in [3.8, 4) is 11.8 Å². The van der Waals surface area contributed by atoms with Crippen molar-refractivity contribution in [1.82, 2.24) is 9.97 Å². The molecule has 0 radical (unpaired) electrons. The summed E-state index contributed by atoms with van der Waals surface area (Å²) in [4.78, 5) is 7.64. The second-order valence-corrected chi connectivity index (χ2v) is 3.29. The Balaban J connectivity index is 2.27. The molecule has 1 aromatic heterocycles.